The molecule has 0 bridgehead atoms. The Hall–Kier alpha value is -3.33. The van der Waals surface area contributed by atoms with Crippen molar-refractivity contribution in [1.29, 1.82) is 0 Å². The number of aromatic hydroxyl groups is 1. The van der Waals surface area contributed by atoms with Gasteiger partial charge in [0.25, 0.3) is 0 Å². The molecule has 5 rings (SSSR count). The first-order valence-electron chi connectivity index (χ1n) is 11.2. The van der Waals surface area contributed by atoms with E-state index >= 15 is 0 Å². The number of benzene rings is 1. The lowest BCUT2D eigenvalue weighted by molar-refractivity contribution is -0.137. The first kappa shape index (κ1) is 23.4. The number of carbonyl (C=O) groups is 5. The summed E-state index contributed by atoms with van der Waals surface area (Å²) in [5.74, 6) is -4.49. The molecule has 1 aromatic carbocycles. The van der Waals surface area contributed by atoms with Gasteiger partial charge in [0.1, 0.15) is 5.75 Å². The molecule has 1 aromatic rings. The van der Waals surface area contributed by atoms with Gasteiger partial charge in [-0.05, 0) is 65.2 Å². The summed E-state index contributed by atoms with van der Waals surface area (Å²) in [4.78, 5) is 65.4. The van der Waals surface area contributed by atoms with E-state index in [-0.39, 0.29) is 34.6 Å². The highest BCUT2D eigenvalue weighted by Gasteiger charge is 2.58. The molecular weight excluding hydrogens is 518 g/mol. The highest BCUT2D eigenvalue weighted by atomic mass is 79.9. The van der Waals surface area contributed by atoms with Gasteiger partial charge >= 0.3 is 6.09 Å². The number of allylic oxidation sites excluding steroid dienone is 6. The summed E-state index contributed by atoms with van der Waals surface area (Å²) in [5.41, 5.74) is 3.38. The number of carbonyl (C=O) groups excluding carboxylic acids is 5. The first-order chi connectivity index (χ1) is 16.6. The van der Waals surface area contributed by atoms with Crippen molar-refractivity contribution in [2.75, 3.05) is 7.11 Å². The predicted molar refractivity (Wildman–Crippen MR) is 126 cm³/mol. The number of fused-ring (bicyclic) bond motifs is 3. The Morgan fingerprint density at radius 1 is 1.09 bits per heavy atom. The Bertz CT molecular complexity index is 1330. The fraction of sp³-hybridized carbons (Fsp3) is 0.346. The highest BCUT2D eigenvalue weighted by Crippen LogP contribution is 2.55. The summed E-state index contributed by atoms with van der Waals surface area (Å²) in [5, 5.41) is 10.3. The van der Waals surface area contributed by atoms with Crippen molar-refractivity contribution in [3.8, 4) is 5.75 Å². The number of phenolic OH excluding ortho intramolecular Hbond substituents is 1. The fourth-order valence-electron chi connectivity index (χ4n) is 6.01. The number of hydrogen-bond acceptors (Lipinski definition) is 7. The second kappa shape index (κ2) is 8.12. The Kier molecular flexibility index (Phi) is 5.43. The van der Waals surface area contributed by atoms with Crippen LogP contribution in [-0.4, -0.2) is 46.6 Å². The summed E-state index contributed by atoms with van der Waals surface area (Å²) < 4.78 is 4.80. The van der Waals surface area contributed by atoms with Crippen LogP contribution in [0.4, 0.5) is 4.79 Å². The number of amides is 3. The number of ether oxygens (including phenoxy) is 1. The number of nitrogens with zero attached hydrogens (tertiary/aromatic N) is 1. The minimum atomic E-state index is -1.03. The van der Waals surface area contributed by atoms with Gasteiger partial charge in [-0.2, -0.15) is 4.90 Å². The lowest BCUT2D eigenvalue weighted by Gasteiger charge is -2.42. The Balaban J connectivity index is 1.70. The Morgan fingerprint density at radius 3 is 2.37 bits per heavy atom. The average Bonchev–Trinajstić information content (AvgIpc) is 3.08. The molecule has 1 aliphatic heterocycles. The molecule has 0 saturated carbocycles. The van der Waals surface area contributed by atoms with Crippen LogP contribution in [0.2, 0.25) is 0 Å². The van der Waals surface area contributed by atoms with Crippen molar-refractivity contribution >= 4 is 45.4 Å². The van der Waals surface area contributed by atoms with Crippen LogP contribution < -0.4 is 0 Å². The maximum Gasteiger partial charge on any atom is 0.423 e. The molecule has 180 valence electrons. The molecule has 0 radical (unpaired) electrons. The van der Waals surface area contributed by atoms with Crippen molar-refractivity contribution in [3.63, 3.8) is 0 Å². The molecule has 3 aliphatic carbocycles. The van der Waals surface area contributed by atoms with Crippen LogP contribution in [0, 0.1) is 31.6 Å². The van der Waals surface area contributed by atoms with Crippen molar-refractivity contribution in [2.24, 2.45) is 17.8 Å². The van der Waals surface area contributed by atoms with Gasteiger partial charge in [-0.1, -0.05) is 23.8 Å². The standard InChI is InChI=1S/C26H22BrNO7/c1-10-6-12(7-11(2)22(10)30)19-13-4-5-14-20(25(33)28(24(14)32)26(34)35-3)15(13)8-16-21(19)18(29)9-17(27)23(16)31/h4,6-7,9,14-15,19-20,30H,5,8H2,1-3H3. The van der Waals surface area contributed by atoms with Gasteiger partial charge in [-0.15, -0.1) is 0 Å². The lowest BCUT2D eigenvalue weighted by atomic mass is 9.59. The quantitative estimate of drug-likeness (QED) is 0.329. The van der Waals surface area contributed by atoms with E-state index in [9.17, 15) is 29.1 Å². The molecule has 35 heavy (non-hydrogen) atoms. The number of likely N-dealkylation sites (tertiary alicyclic amines) is 1. The van der Waals surface area contributed by atoms with Crippen LogP contribution in [0.25, 0.3) is 0 Å². The number of rotatable bonds is 1. The molecule has 1 heterocycles. The van der Waals surface area contributed by atoms with E-state index in [4.69, 9.17) is 0 Å². The summed E-state index contributed by atoms with van der Waals surface area (Å²) in [6.45, 7) is 3.51. The molecule has 4 aliphatic rings. The molecule has 0 aromatic heterocycles. The molecule has 9 heteroatoms. The van der Waals surface area contributed by atoms with Gasteiger partial charge in [0, 0.05) is 23.1 Å². The number of phenols is 1. The summed E-state index contributed by atoms with van der Waals surface area (Å²) >= 11 is 3.19. The van der Waals surface area contributed by atoms with E-state index in [2.05, 4.69) is 20.7 Å². The van der Waals surface area contributed by atoms with Crippen molar-refractivity contribution in [3.05, 3.63) is 62.2 Å². The second-order valence-corrected chi connectivity index (χ2v) is 10.2. The van der Waals surface area contributed by atoms with E-state index in [0.29, 0.717) is 32.7 Å². The van der Waals surface area contributed by atoms with E-state index < -0.39 is 41.6 Å². The third-order valence-corrected chi connectivity index (χ3v) is 8.12. The van der Waals surface area contributed by atoms with Gasteiger partial charge in [-0.25, -0.2) is 4.79 Å². The molecular formula is C26H22BrNO7. The van der Waals surface area contributed by atoms with Gasteiger partial charge in [-0.3, -0.25) is 19.2 Å². The van der Waals surface area contributed by atoms with Crippen LogP contribution >= 0.6 is 15.9 Å². The topological polar surface area (TPSA) is 118 Å². The summed E-state index contributed by atoms with van der Waals surface area (Å²) in [6.07, 6.45) is 2.45. The fourth-order valence-corrected chi connectivity index (χ4v) is 6.46. The highest BCUT2D eigenvalue weighted by molar-refractivity contribution is 9.12. The zero-order chi connectivity index (χ0) is 25.3. The number of Topliss-reactive ketones (excluding diaryl/α,β-unsaturated/α-hetero) is 1. The number of methoxy groups -OCH3 is 1. The van der Waals surface area contributed by atoms with Crippen LogP contribution in [0.3, 0.4) is 0 Å². The molecule has 0 spiro atoms. The normalized spacial score (nSPS) is 27.8. The number of halogens is 1. The van der Waals surface area contributed by atoms with Gasteiger partial charge in [0.15, 0.2) is 11.6 Å². The third kappa shape index (κ3) is 3.28. The van der Waals surface area contributed by atoms with Gasteiger partial charge in [0.05, 0.1) is 23.4 Å². The molecule has 8 nitrogen and oxygen atoms in total. The largest absolute Gasteiger partial charge is 0.507 e. The molecule has 1 N–H and O–H groups in total. The smallest absolute Gasteiger partial charge is 0.423 e. The maximum absolute atomic E-state index is 13.3. The van der Waals surface area contributed by atoms with Gasteiger partial charge < -0.3 is 9.84 Å². The molecule has 1 fully saturated rings. The van der Waals surface area contributed by atoms with Crippen molar-refractivity contribution < 1.29 is 33.8 Å². The number of aryl methyl sites for hydroxylation is 2. The van der Waals surface area contributed by atoms with Crippen LogP contribution in [-0.2, 0) is 23.9 Å². The zero-order valence-electron chi connectivity index (χ0n) is 19.3. The van der Waals surface area contributed by atoms with Crippen LogP contribution in [0.1, 0.15) is 35.4 Å². The predicted octanol–water partition coefficient (Wildman–Crippen LogP) is 3.54. The van der Waals surface area contributed by atoms with Crippen molar-refractivity contribution in [2.45, 2.75) is 32.6 Å². The van der Waals surface area contributed by atoms with E-state index in [0.717, 1.165) is 12.7 Å². The Morgan fingerprint density at radius 2 is 1.74 bits per heavy atom. The van der Waals surface area contributed by atoms with E-state index in [1.54, 1.807) is 26.0 Å². The SMILES string of the molecule is COC(=O)N1C(=O)C2CC=C3C(c4cc(C)c(O)c(C)c4)C4=C(CC3C2C1=O)C(=O)C(Br)=CC4=O. The average molecular weight is 540 g/mol. The van der Waals surface area contributed by atoms with Crippen LogP contribution in [0.5, 0.6) is 5.75 Å². The van der Waals surface area contributed by atoms with E-state index in [1.165, 1.54) is 6.08 Å². The minimum Gasteiger partial charge on any atom is -0.507 e. The van der Waals surface area contributed by atoms with E-state index in [1.807, 2.05) is 6.08 Å². The first-order valence-corrected chi connectivity index (χ1v) is 12.0. The third-order valence-electron chi connectivity index (χ3n) is 7.54. The minimum absolute atomic E-state index is 0.108. The summed E-state index contributed by atoms with van der Waals surface area (Å²) in [7, 11) is 1.11. The van der Waals surface area contributed by atoms with Crippen molar-refractivity contribution in [1.82, 2.24) is 4.90 Å². The zero-order valence-corrected chi connectivity index (χ0v) is 20.8. The van der Waals surface area contributed by atoms with Gasteiger partial charge in [0.2, 0.25) is 11.8 Å². The lowest BCUT2D eigenvalue weighted by Crippen LogP contribution is -2.40. The monoisotopic (exact) mass is 539 g/mol. The number of hydrogen-bond donors (Lipinski definition) is 1. The Labute approximate surface area is 209 Å². The molecule has 1 saturated heterocycles. The molecule has 3 amide bonds. The molecule has 4 unspecified atom stereocenters. The molecule has 4 atom stereocenters. The van der Waals surface area contributed by atoms with Crippen LogP contribution in [0.15, 0.2) is 45.5 Å². The number of ketones is 2. The second-order valence-electron chi connectivity index (χ2n) is 9.38. The number of imide groups is 3. The maximum atomic E-state index is 13.3. The summed E-state index contributed by atoms with van der Waals surface area (Å²) in [6, 6.07) is 3.56.